The molecule has 1 N–H and O–H groups in total. The summed E-state index contributed by atoms with van der Waals surface area (Å²) < 4.78 is 0.952. The molecule has 0 bridgehead atoms. The monoisotopic (exact) mass is 306 g/mol. The second-order valence-electron chi connectivity index (χ2n) is 5.13. The molecule has 18 heavy (non-hydrogen) atoms. The van der Waals surface area contributed by atoms with Gasteiger partial charge in [-0.05, 0) is 43.4 Å². The molecule has 0 saturated heterocycles. The van der Waals surface area contributed by atoms with E-state index in [1.54, 1.807) is 0 Å². The van der Waals surface area contributed by atoms with Crippen molar-refractivity contribution in [2.75, 3.05) is 5.32 Å². The smallest absolute Gasteiger partial charge is 0.244 e. The molecule has 0 atom stereocenters. The van der Waals surface area contributed by atoms with Crippen LogP contribution in [0.2, 0.25) is 0 Å². The van der Waals surface area contributed by atoms with Crippen molar-refractivity contribution < 1.29 is 4.79 Å². The van der Waals surface area contributed by atoms with Gasteiger partial charge in [-0.2, -0.15) is 5.26 Å². The first-order chi connectivity index (χ1) is 8.47. The zero-order valence-electron chi connectivity index (χ0n) is 10.5. The second-order valence-corrected chi connectivity index (χ2v) is 5.98. The lowest BCUT2D eigenvalue weighted by Gasteiger charge is -2.39. The third-order valence-electron chi connectivity index (χ3n) is 3.47. The topological polar surface area (TPSA) is 52.9 Å². The van der Waals surface area contributed by atoms with E-state index in [1.165, 1.54) is 0 Å². The van der Waals surface area contributed by atoms with Crippen LogP contribution in [-0.4, -0.2) is 5.91 Å². The zero-order valence-corrected chi connectivity index (χ0v) is 12.0. The predicted molar refractivity (Wildman–Crippen MR) is 74.0 cm³/mol. The molecule has 0 heterocycles. The molecule has 1 fully saturated rings. The largest absolute Gasteiger partial charge is 0.325 e. The van der Waals surface area contributed by atoms with Gasteiger partial charge in [-0.25, -0.2) is 0 Å². The minimum Gasteiger partial charge on any atom is -0.325 e. The van der Waals surface area contributed by atoms with E-state index in [9.17, 15) is 10.1 Å². The molecule has 3 nitrogen and oxygen atoms in total. The average Bonchev–Trinajstić information content (AvgIpc) is 2.29. The van der Waals surface area contributed by atoms with E-state index < -0.39 is 5.41 Å². The number of halogens is 1. The fraction of sp³-hybridized carbons (Fsp3) is 0.429. The van der Waals surface area contributed by atoms with Crippen LogP contribution in [0.25, 0.3) is 0 Å². The van der Waals surface area contributed by atoms with E-state index in [0.717, 1.165) is 15.7 Å². The van der Waals surface area contributed by atoms with Crippen molar-refractivity contribution in [1.82, 2.24) is 0 Å². The molecule has 94 valence electrons. The summed E-state index contributed by atoms with van der Waals surface area (Å²) in [5.41, 5.74) is 1.02. The van der Waals surface area contributed by atoms with E-state index in [-0.39, 0.29) is 5.91 Å². The molecule has 2 rings (SSSR count). The quantitative estimate of drug-likeness (QED) is 0.907. The fourth-order valence-electron chi connectivity index (χ4n) is 2.38. The molecule has 4 heteroatoms. The zero-order chi connectivity index (χ0) is 13.3. The van der Waals surface area contributed by atoms with Gasteiger partial charge in [0.05, 0.1) is 6.07 Å². The van der Waals surface area contributed by atoms with Gasteiger partial charge >= 0.3 is 0 Å². The van der Waals surface area contributed by atoms with Crippen molar-refractivity contribution in [3.05, 3.63) is 28.2 Å². The molecule has 1 aliphatic carbocycles. The van der Waals surface area contributed by atoms with Crippen LogP contribution in [0, 0.1) is 29.6 Å². The second kappa shape index (κ2) is 4.74. The number of carbonyl (C=O) groups excluding carboxylic acids is 1. The van der Waals surface area contributed by atoms with Gasteiger partial charge in [0.15, 0.2) is 0 Å². The highest BCUT2D eigenvalue weighted by atomic mass is 79.9. The van der Waals surface area contributed by atoms with Crippen molar-refractivity contribution in [2.45, 2.75) is 26.7 Å². The summed E-state index contributed by atoms with van der Waals surface area (Å²) in [4.78, 5) is 12.1. The van der Waals surface area contributed by atoms with E-state index in [2.05, 4.69) is 34.2 Å². The number of nitriles is 1. The Labute approximate surface area is 115 Å². The summed E-state index contributed by atoms with van der Waals surface area (Å²) in [6.45, 7) is 4.05. The van der Waals surface area contributed by atoms with Gasteiger partial charge in [-0.1, -0.05) is 28.9 Å². The molecule has 0 aromatic heterocycles. The Hall–Kier alpha value is -1.34. The Morgan fingerprint density at radius 3 is 2.72 bits per heavy atom. The standard InChI is InChI=1S/C14H15BrN2O/c1-9-6-14(7-9,8-16)13(18)17-11-4-3-10(2)12(15)5-11/h3-5,9H,6-7H2,1-2H3,(H,17,18). The summed E-state index contributed by atoms with van der Waals surface area (Å²) in [5.74, 6) is 0.277. The molecular formula is C14H15BrN2O. The number of rotatable bonds is 2. The van der Waals surface area contributed by atoms with Crippen LogP contribution in [0.1, 0.15) is 25.3 Å². The lowest BCUT2D eigenvalue weighted by molar-refractivity contribution is -0.128. The van der Waals surface area contributed by atoms with Gasteiger partial charge in [0.1, 0.15) is 5.41 Å². The Balaban J connectivity index is 2.12. The minimum absolute atomic E-state index is 0.182. The SMILES string of the molecule is Cc1ccc(NC(=O)C2(C#N)CC(C)C2)cc1Br. The highest BCUT2D eigenvalue weighted by Crippen LogP contribution is 2.45. The minimum atomic E-state index is -0.823. The number of anilines is 1. The first-order valence-electron chi connectivity index (χ1n) is 5.96. The number of amides is 1. The van der Waals surface area contributed by atoms with Crippen LogP contribution in [0.5, 0.6) is 0 Å². The first kappa shape index (κ1) is 13.1. The van der Waals surface area contributed by atoms with Crippen LogP contribution in [0.4, 0.5) is 5.69 Å². The summed E-state index contributed by atoms with van der Waals surface area (Å²) >= 11 is 3.43. The molecule has 1 saturated carbocycles. The summed E-state index contributed by atoms with van der Waals surface area (Å²) in [5, 5.41) is 12.0. The van der Waals surface area contributed by atoms with Crippen LogP contribution in [0.3, 0.4) is 0 Å². The Morgan fingerprint density at radius 1 is 1.56 bits per heavy atom. The number of hydrogen-bond donors (Lipinski definition) is 1. The van der Waals surface area contributed by atoms with Gasteiger partial charge in [0.25, 0.3) is 0 Å². The van der Waals surface area contributed by atoms with E-state index in [0.29, 0.717) is 18.8 Å². The lowest BCUT2D eigenvalue weighted by Crippen LogP contribution is -2.45. The Bertz CT molecular complexity index is 527. The number of carbonyl (C=O) groups is 1. The normalized spacial score (nSPS) is 26.0. The van der Waals surface area contributed by atoms with Crippen molar-refractivity contribution in [2.24, 2.45) is 11.3 Å². The predicted octanol–water partition coefficient (Wildman–Crippen LogP) is 3.64. The number of nitrogens with one attached hydrogen (secondary N) is 1. The maximum Gasteiger partial charge on any atom is 0.244 e. The van der Waals surface area contributed by atoms with Crippen LogP contribution in [0.15, 0.2) is 22.7 Å². The van der Waals surface area contributed by atoms with Crippen LogP contribution >= 0.6 is 15.9 Å². The Morgan fingerprint density at radius 2 is 2.22 bits per heavy atom. The average molecular weight is 307 g/mol. The van der Waals surface area contributed by atoms with Gasteiger partial charge in [-0.3, -0.25) is 4.79 Å². The van der Waals surface area contributed by atoms with E-state index >= 15 is 0 Å². The maximum atomic E-state index is 12.1. The molecule has 1 aromatic carbocycles. The third kappa shape index (κ3) is 2.28. The van der Waals surface area contributed by atoms with Crippen molar-refractivity contribution >= 4 is 27.5 Å². The van der Waals surface area contributed by atoms with Crippen molar-refractivity contribution in [3.63, 3.8) is 0 Å². The number of nitrogens with zero attached hydrogens (tertiary/aromatic N) is 1. The summed E-state index contributed by atoms with van der Waals surface area (Å²) in [6, 6.07) is 7.81. The molecule has 1 aromatic rings. The first-order valence-corrected chi connectivity index (χ1v) is 6.75. The Kier molecular flexibility index (Phi) is 3.45. The third-order valence-corrected chi connectivity index (χ3v) is 4.33. The van der Waals surface area contributed by atoms with E-state index in [4.69, 9.17) is 0 Å². The maximum absolute atomic E-state index is 12.1. The van der Waals surface area contributed by atoms with Gasteiger partial charge in [0.2, 0.25) is 5.91 Å². The van der Waals surface area contributed by atoms with Gasteiger partial charge < -0.3 is 5.32 Å². The van der Waals surface area contributed by atoms with Crippen molar-refractivity contribution in [1.29, 1.82) is 5.26 Å². The van der Waals surface area contributed by atoms with Gasteiger partial charge in [-0.15, -0.1) is 0 Å². The number of aryl methyl sites for hydroxylation is 1. The molecule has 0 radical (unpaired) electrons. The lowest BCUT2D eigenvalue weighted by atomic mass is 9.63. The summed E-state index contributed by atoms with van der Waals surface area (Å²) in [7, 11) is 0. The molecule has 1 aliphatic rings. The van der Waals surface area contributed by atoms with Crippen molar-refractivity contribution in [3.8, 4) is 6.07 Å². The highest BCUT2D eigenvalue weighted by molar-refractivity contribution is 9.10. The molecule has 1 amide bonds. The molecule has 0 unspecified atom stereocenters. The van der Waals surface area contributed by atoms with E-state index in [1.807, 2.05) is 25.1 Å². The molecule has 0 spiro atoms. The summed E-state index contributed by atoms with van der Waals surface area (Å²) in [6.07, 6.45) is 1.31. The fourth-order valence-corrected chi connectivity index (χ4v) is 2.76. The van der Waals surface area contributed by atoms with Crippen LogP contribution < -0.4 is 5.32 Å². The van der Waals surface area contributed by atoms with Crippen LogP contribution in [-0.2, 0) is 4.79 Å². The number of hydrogen-bond acceptors (Lipinski definition) is 2. The van der Waals surface area contributed by atoms with Gasteiger partial charge in [0, 0.05) is 10.2 Å². The molecule has 0 aliphatic heterocycles. The molecular weight excluding hydrogens is 292 g/mol. The number of benzene rings is 1. The highest BCUT2D eigenvalue weighted by Gasteiger charge is 2.48.